The Kier molecular flexibility index (Phi) is 6.89. The highest BCUT2D eigenvalue weighted by Crippen LogP contribution is 2.32. The van der Waals surface area contributed by atoms with Crippen LogP contribution in [0.1, 0.15) is 33.6 Å². The van der Waals surface area contributed by atoms with E-state index >= 15 is 0 Å². The fourth-order valence-electron chi connectivity index (χ4n) is 3.91. The van der Waals surface area contributed by atoms with Crippen LogP contribution in [-0.2, 0) is 11.0 Å². The first-order chi connectivity index (χ1) is 17.5. The van der Waals surface area contributed by atoms with Crippen LogP contribution in [0.5, 0.6) is 0 Å². The van der Waals surface area contributed by atoms with Gasteiger partial charge in [-0.15, -0.1) is 0 Å². The van der Waals surface area contributed by atoms with E-state index in [1.807, 2.05) is 0 Å². The molecule has 1 saturated heterocycles. The Bertz CT molecular complexity index is 1430. The summed E-state index contributed by atoms with van der Waals surface area (Å²) in [5.74, 6) is -4.64. The first-order valence-corrected chi connectivity index (χ1v) is 10.9. The van der Waals surface area contributed by atoms with E-state index in [0.29, 0.717) is 16.5 Å². The number of alkyl halides is 5. The molecule has 1 unspecified atom stereocenters. The molecule has 1 aliphatic heterocycles. The minimum Gasteiger partial charge on any atom is -0.343 e. The minimum absolute atomic E-state index is 0.153. The number of carbonyl (C=O) groups is 2. The number of halogens is 5. The van der Waals surface area contributed by atoms with Crippen molar-refractivity contribution < 1.29 is 31.5 Å². The fraction of sp³-hybridized carbons (Fsp3) is 0.240. The molecule has 3 heterocycles. The Morgan fingerprint density at radius 1 is 1.11 bits per heavy atom. The van der Waals surface area contributed by atoms with E-state index < -0.39 is 55.2 Å². The maximum absolute atomic E-state index is 13.6. The van der Waals surface area contributed by atoms with Gasteiger partial charge in [0, 0.05) is 24.2 Å². The number of nitriles is 1. The second-order valence-electron chi connectivity index (χ2n) is 8.35. The smallest absolute Gasteiger partial charge is 0.343 e. The number of likely N-dealkylation sites (tertiary alicyclic amines) is 1. The Morgan fingerprint density at radius 2 is 1.81 bits per heavy atom. The SMILES string of the molecule is N#CC1CC(F)(F)CN1C(=O)CNC(=O)c1ccnc2ccc(C=Cc3ccnc(C(F)(F)F)c3)cc12. The van der Waals surface area contributed by atoms with Gasteiger partial charge in [-0.25, -0.2) is 8.78 Å². The maximum atomic E-state index is 13.6. The quantitative estimate of drug-likeness (QED) is 0.511. The average molecular weight is 515 g/mol. The highest BCUT2D eigenvalue weighted by molar-refractivity contribution is 6.07. The summed E-state index contributed by atoms with van der Waals surface area (Å²) in [6.45, 7) is -1.48. The average Bonchev–Trinajstić information content (AvgIpc) is 3.19. The zero-order valence-corrected chi connectivity index (χ0v) is 19.0. The summed E-state index contributed by atoms with van der Waals surface area (Å²) >= 11 is 0. The van der Waals surface area contributed by atoms with E-state index in [2.05, 4.69) is 15.3 Å². The molecule has 190 valence electrons. The number of hydrogen-bond acceptors (Lipinski definition) is 5. The summed E-state index contributed by atoms with van der Waals surface area (Å²) in [6, 6.07) is 9.02. The van der Waals surface area contributed by atoms with Gasteiger partial charge in [-0.3, -0.25) is 19.6 Å². The van der Waals surface area contributed by atoms with Crippen molar-refractivity contribution in [3.8, 4) is 6.07 Å². The van der Waals surface area contributed by atoms with Crippen molar-refractivity contribution in [2.45, 2.75) is 24.6 Å². The number of aromatic nitrogens is 2. The second kappa shape index (κ2) is 9.93. The van der Waals surface area contributed by atoms with E-state index in [0.717, 1.165) is 17.2 Å². The molecule has 2 amide bonds. The van der Waals surface area contributed by atoms with Crippen molar-refractivity contribution in [3.05, 3.63) is 71.2 Å². The van der Waals surface area contributed by atoms with Crippen LogP contribution in [0.4, 0.5) is 22.0 Å². The van der Waals surface area contributed by atoms with Crippen molar-refractivity contribution >= 4 is 34.9 Å². The van der Waals surface area contributed by atoms with E-state index in [-0.39, 0.29) is 11.1 Å². The number of rotatable bonds is 5. The Balaban J connectivity index is 1.51. The molecular weight excluding hydrogens is 497 g/mol. The van der Waals surface area contributed by atoms with Gasteiger partial charge < -0.3 is 10.2 Å². The van der Waals surface area contributed by atoms with Crippen molar-refractivity contribution in [2.75, 3.05) is 13.1 Å². The molecule has 3 aromatic rings. The first-order valence-electron chi connectivity index (χ1n) is 10.9. The molecule has 4 rings (SSSR count). The number of hydrogen-bond donors (Lipinski definition) is 1. The van der Waals surface area contributed by atoms with Crippen LogP contribution in [0.3, 0.4) is 0 Å². The van der Waals surface area contributed by atoms with Gasteiger partial charge in [0.25, 0.3) is 11.8 Å². The maximum Gasteiger partial charge on any atom is 0.433 e. The van der Waals surface area contributed by atoms with Crippen LogP contribution in [0.15, 0.2) is 48.8 Å². The second-order valence-corrected chi connectivity index (χ2v) is 8.35. The summed E-state index contributed by atoms with van der Waals surface area (Å²) in [5.41, 5.74) is 0.410. The molecule has 1 N–H and O–H groups in total. The van der Waals surface area contributed by atoms with Gasteiger partial charge in [-0.1, -0.05) is 18.2 Å². The largest absolute Gasteiger partial charge is 0.433 e. The van der Waals surface area contributed by atoms with E-state index in [4.69, 9.17) is 5.26 Å². The molecule has 1 atom stereocenters. The van der Waals surface area contributed by atoms with Crippen molar-refractivity contribution in [1.29, 1.82) is 5.26 Å². The lowest BCUT2D eigenvalue weighted by atomic mass is 10.0. The lowest BCUT2D eigenvalue weighted by molar-refractivity contribution is -0.141. The first kappa shape index (κ1) is 25.7. The molecule has 0 radical (unpaired) electrons. The zero-order chi connectivity index (χ0) is 26.8. The molecule has 0 bridgehead atoms. The topological polar surface area (TPSA) is 99.0 Å². The predicted octanol–water partition coefficient (Wildman–Crippen LogP) is 4.31. The van der Waals surface area contributed by atoms with Crippen LogP contribution in [0.2, 0.25) is 0 Å². The Hall–Kier alpha value is -4.40. The van der Waals surface area contributed by atoms with Gasteiger partial charge in [-0.05, 0) is 41.5 Å². The van der Waals surface area contributed by atoms with Gasteiger partial charge >= 0.3 is 6.18 Å². The molecule has 1 aromatic carbocycles. The zero-order valence-electron chi connectivity index (χ0n) is 19.0. The fourth-order valence-corrected chi connectivity index (χ4v) is 3.91. The van der Waals surface area contributed by atoms with E-state index in [1.165, 1.54) is 24.4 Å². The molecule has 1 fully saturated rings. The van der Waals surface area contributed by atoms with Crippen molar-refractivity contribution in [3.63, 3.8) is 0 Å². The van der Waals surface area contributed by atoms with Crippen LogP contribution in [0, 0.1) is 11.3 Å². The third-order valence-electron chi connectivity index (χ3n) is 5.69. The van der Waals surface area contributed by atoms with Crippen molar-refractivity contribution in [2.24, 2.45) is 0 Å². The lowest BCUT2D eigenvalue weighted by Crippen LogP contribution is -2.43. The third-order valence-corrected chi connectivity index (χ3v) is 5.69. The molecule has 1 aliphatic rings. The standard InChI is InChI=1S/C25H18F5N5O2/c26-24(27)11-17(12-31)35(14-24)22(36)13-34-23(37)18-6-8-32-20-4-3-15(9-19(18)20)1-2-16-5-7-33-21(10-16)25(28,29)30/h1-10,17H,11,13-14H2,(H,34,37). The molecule has 37 heavy (non-hydrogen) atoms. The molecule has 0 aliphatic carbocycles. The van der Waals surface area contributed by atoms with Crippen LogP contribution in [-0.4, -0.2) is 51.7 Å². The Morgan fingerprint density at radius 3 is 2.51 bits per heavy atom. The van der Waals surface area contributed by atoms with E-state index in [1.54, 1.807) is 30.3 Å². The van der Waals surface area contributed by atoms with E-state index in [9.17, 15) is 31.5 Å². The third kappa shape index (κ3) is 5.88. The number of benzene rings is 1. The monoisotopic (exact) mass is 515 g/mol. The number of nitrogens with one attached hydrogen (secondary N) is 1. The van der Waals surface area contributed by atoms with Crippen LogP contribution in [0.25, 0.3) is 23.1 Å². The number of carbonyl (C=O) groups excluding carboxylic acids is 2. The number of amides is 2. The molecule has 0 spiro atoms. The molecule has 0 saturated carbocycles. The number of fused-ring (bicyclic) bond motifs is 1. The normalized spacial score (nSPS) is 17.2. The van der Waals surface area contributed by atoms with Crippen molar-refractivity contribution in [1.82, 2.24) is 20.2 Å². The summed E-state index contributed by atoms with van der Waals surface area (Å²) < 4.78 is 65.9. The summed E-state index contributed by atoms with van der Waals surface area (Å²) in [6.07, 6.45) is 0.126. The van der Waals surface area contributed by atoms with Crippen LogP contribution < -0.4 is 5.32 Å². The summed E-state index contributed by atoms with van der Waals surface area (Å²) in [5, 5.41) is 11.9. The molecule has 2 aromatic heterocycles. The number of nitrogens with zero attached hydrogens (tertiary/aromatic N) is 4. The molecule has 7 nitrogen and oxygen atoms in total. The highest BCUT2D eigenvalue weighted by Gasteiger charge is 2.47. The lowest BCUT2D eigenvalue weighted by Gasteiger charge is -2.19. The Labute approximate surface area is 207 Å². The molecule has 12 heteroatoms. The van der Waals surface area contributed by atoms with Gasteiger partial charge in [-0.2, -0.15) is 18.4 Å². The van der Waals surface area contributed by atoms with Crippen LogP contribution >= 0.6 is 0 Å². The summed E-state index contributed by atoms with van der Waals surface area (Å²) in [7, 11) is 0. The van der Waals surface area contributed by atoms with Gasteiger partial charge in [0.2, 0.25) is 5.91 Å². The minimum atomic E-state index is -4.58. The number of pyridine rings is 2. The molecular formula is C25H18F5N5O2. The highest BCUT2D eigenvalue weighted by atomic mass is 19.4. The predicted molar refractivity (Wildman–Crippen MR) is 123 cm³/mol. The van der Waals surface area contributed by atoms with Gasteiger partial charge in [0.1, 0.15) is 11.7 Å². The van der Waals surface area contributed by atoms with Gasteiger partial charge in [0.05, 0.1) is 30.2 Å². The van der Waals surface area contributed by atoms with Gasteiger partial charge in [0.15, 0.2) is 0 Å². The summed E-state index contributed by atoms with van der Waals surface area (Å²) in [4.78, 5) is 33.5.